The lowest BCUT2D eigenvalue weighted by Crippen LogP contribution is -2.58. The number of amides is 3. The molecule has 0 aliphatic carbocycles. The van der Waals surface area contributed by atoms with E-state index in [0.29, 0.717) is 22.1 Å². The van der Waals surface area contributed by atoms with Gasteiger partial charge < -0.3 is 14.9 Å². The summed E-state index contributed by atoms with van der Waals surface area (Å²) in [4.78, 5) is 66.8. The Morgan fingerprint density at radius 2 is 1.82 bits per heavy atom. The van der Waals surface area contributed by atoms with E-state index in [1.807, 2.05) is 0 Å². The summed E-state index contributed by atoms with van der Waals surface area (Å²) in [5.74, 6) is -7.25. The van der Waals surface area contributed by atoms with E-state index in [4.69, 9.17) is 10.2 Å². The van der Waals surface area contributed by atoms with Crippen molar-refractivity contribution in [3.8, 4) is 5.69 Å². The standard InChI is InChI=1S/C25H31F2N5O7/c1-12(2)18(28)23(35)31(24(36)38-5)22(34)17-7-6-10-30(17)19(13(3)4)20(33)21-29-32(25(37)39-21)16-9-8-14(26)11-15(16)27/h8-9,11-13,17-19H,6-7,10,28H2,1-5H3/t17-,18-,19-/m0/s1. The number of ketones is 1. The van der Waals surface area contributed by atoms with Gasteiger partial charge in [-0.15, -0.1) is 5.10 Å². The van der Waals surface area contributed by atoms with E-state index in [0.717, 1.165) is 19.2 Å². The van der Waals surface area contributed by atoms with E-state index in [2.05, 4.69) is 9.84 Å². The molecule has 0 bridgehead atoms. The molecule has 1 aromatic heterocycles. The summed E-state index contributed by atoms with van der Waals surface area (Å²) in [6.45, 7) is 6.93. The molecule has 0 spiro atoms. The molecule has 2 N–H and O–H groups in total. The first kappa shape index (κ1) is 29.8. The molecule has 0 unspecified atom stereocenters. The minimum absolute atomic E-state index is 0.214. The molecular formula is C25H31F2N5O7. The number of nitrogens with zero attached hydrogens (tertiary/aromatic N) is 4. The molecule has 12 nitrogen and oxygen atoms in total. The molecule has 2 heterocycles. The Morgan fingerprint density at radius 1 is 1.15 bits per heavy atom. The molecule has 2 aromatic rings. The van der Waals surface area contributed by atoms with Crippen molar-refractivity contribution in [3.63, 3.8) is 0 Å². The number of aromatic nitrogens is 2. The van der Waals surface area contributed by atoms with Gasteiger partial charge in [0.1, 0.15) is 11.5 Å². The van der Waals surface area contributed by atoms with Gasteiger partial charge in [-0.25, -0.2) is 18.4 Å². The highest BCUT2D eigenvalue weighted by atomic mass is 19.1. The molecule has 212 valence electrons. The maximum Gasteiger partial charge on any atom is 0.442 e. The van der Waals surface area contributed by atoms with Gasteiger partial charge in [0, 0.05) is 6.07 Å². The molecule has 39 heavy (non-hydrogen) atoms. The van der Waals surface area contributed by atoms with Gasteiger partial charge >= 0.3 is 11.8 Å². The number of hydrogen-bond donors (Lipinski definition) is 1. The second kappa shape index (κ2) is 11.9. The molecule has 3 amide bonds. The van der Waals surface area contributed by atoms with Crippen molar-refractivity contribution in [2.24, 2.45) is 17.6 Å². The summed E-state index contributed by atoms with van der Waals surface area (Å²) >= 11 is 0. The van der Waals surface area contributed by atoms with Crippen molar-refractivity contribution in [2.45, 2.75) is 58.7 Å². The van der Waals surface area contributed by atoms with Gasteiger partial charge in [0.05, 0.1) is 25.2 Å². The summed E-state index contributed by atoms with van der Waals surface area (Å²) < 4.78 is 37.7. The number of hydrogen-bond acceptors (Lipinski definition) is 10. The Balaban J connectivity index is 1.96. The van der Waals surface area contributed by atoms with Crippen LogP contribution in [-0.4, -0.2) is 75.1 Å². The molecule has 3 atom stereocenters. The van der Waals surface area contributed by atoms with Crippen LogP contribution in [0.3, 0.4) is 0 Å². The van der Waals surface area contributed by atoms with Crippen LogP contribution in [0, 0.1) is 23.5 Å². The average molecular weight is 552 g/mol. The lowest BCUT2D eigenvalue weighted by molar-refractivity contribution is -0.146. The van der Waals surface area contributed by atoms with Crippen LogP contribution in [0.25, 0.3) is 5.69 Å². The van der Waals surface area contributed by atoms with Crippen molar-refractivity contribution in [1.82, 2.24) is 19.6 Å². The first-order valence-corrected chi connectivity index (χ1v) is 12.4. The largest absolute Gasteiger partial charge is 0.452 e. The summed E-state index contributed by atoms with van der Waals surface area (Å²) in [5, 5.41) is 3.82. The van der Waals surface area contributed by atoms with Crippen LogP contribution < -0.4 is 11.5 Å². The minimum atomic E-state index is -1.20. The quantitative estimate of drug-likeness (QED) is 0.480. The number of carbonyl (C=O) groups excluding carboxylic acids is 4. The van der Waals surface area contributed by atoms with Crippen LogP contribution in [0.1, 0.15) is 51.2 Å². The third kappa shape index (κ3) is 5.96. The zero-order chi connectivity index (χ0) is 29.2. The molecule has 1 aromatic carbocycles. The molecule has 1 aliphatic heterocycles. The highest BCUT2D eigenvalue weighted by molar-refractivity contribution is 6.12. The summed E-state index contributed by atoms with van der Waals surface area (Å²) in [6.07, 6.45) is -0.538. The first-order chi connectivity index (χ1) is 18.3. The summed E-state index contributed by atoms with van der Waals surface area (Å²) in [7, 11) is 1.02. The Kier molecular flexibility index (Phi) is 9.12. The van der Waals surface area contributed by atoms with Crippen LogP contribution in [-0.2, 0) is 14.3 Å². The van der Waals surface area contributed by atoms with Crippen molar-refractivity contribution >= 4 is 23.7 Å². The maximum atomic E-state index is 14.3. The molecule has 14 heteroatoms. The lowest BCUT2D eigenvalue weighted by Gasteiger charge is -2.34. The third-order valence-corrected chi connectivity index (χ3v) is 6.53. The Labute approximate surface area is 222 Å². The predicted octanol–water partition coefficient (Wildman–Crippen LogP) is 1.88. The minimum Gasteiger partial charge on any atom is -0.452 e. The number of methoxy groups -OCH3 is 1. The van der Waals surface area contributed by atoms with Crippen molar-refractivity contribution in [3.05, 3.63) is 46.3 Å². The number of likely N-dealkylation sites (tertiary alicyclic amines) is 1. The van der Waals surface area contributed by atoms with E-state index in [-0.39, 0.29) is 18.9 Å². The van der Waals surface area contributed by atoms with E-state index in [1.165, 1.54) is 4.90 Å². The fraction of sp³-hybridized carbons (Fsp3) is 0.520. The van der Waals surface area contributed by atoms with Gasteiger partial charge in [-0.1, -0.05) is 27.7 Å². The molecule has 1 fully saturated rings. The predicted molar refractivity (Wildman–Crippen MR) is 132 cm³/mol. The number of rotatable bonds is 8. The Hall–Kier alpha value is -3.78. The zero-order valence-corrected chi connectivity index (χ0v) is 22.2. The van der Waals surface area contributed by atoms with Gasteiger partial charge in [0.2, 0.25) is 5.78 Å². The third-order valence-electron chi connectivity index (χ3n) is 6.53. The van der Waals surface area contributed by atoms with Gasteiger partial charge in [0.15, 0.2) is 5.82 Å². The van der Waals surface area contributed by atoms with Gasteiger partial charge in [0.25, 0.3) is 17.7 Å². The second-order valence-corrected chi connectivity index (χ2v) is 9.88. The number of Topliss-reactive ketones (excluding diaryl/α,β-unsaturated/α-hetero) is 1. The van der Waals surface area contributed by atoms with E-state index < -0.39 is 76.7 Å². The normalized spacial score (nSPS) is 17.3. The molecule has 1 aliphatic rings. The smallest absolute Gasteiger partial charge is 0.442 e. The first-order valence-electron chi connectivity index (χ1n) is 12.4. The SMILES string of the molecule is COC(=O)N(C(=O)[C@@H](N)C(C)C)C(=O)[C@@H]1CCCN1[C@H](C(=O)c1nn(-c2ccc(F)cc2F)c(=O)o1)C(C)C. The molecular weight excluding hydrogens is 520 g/mol. The topological polar surface area (TPSA) is 158 Å². The van der Waals surface area contributed by atoms with Crippen LogP contribution in [0.2, 0.25) is 0 Å². The van der Waals surface area contributed by atoms with Crippen LogP contribution in [0.4, 0.5) is 13.6 Å². The molecule has 0 radical (unpaired) electrons. The molecule has 0 saturated carbocycles. The van der Waals surface area contributed by atoms with Crippen LogP contribution in [0.5, 0.6) is 0 Å². The van der Waals surface area contributed by atoms with Crippen molar-refractivity contribution in [2.75, 3.05) is 13.7 Å². The Bertz CT molecular complexity index is 1320. The fourth-order valence-electron chi connectivity index (χ4n) is 4.50. The number of benzene rings is 1. The zero-order valence-electron chi connectivity index (χ0n) is 22.2. The van der Waals surface area contributed by atoms with E-state index >= 15 is 0 Å². The van der Waals surface area contributed by atoms with Crippen molar-refractivity contribution < 1.29 is 37.1 Å². The van der Waals surface area contributed by atoms with Gasteiger partial charge in [-0.3, -0.25) is 19.3 Å². The summed E-state index contributed by atoms with van der Waals surface area (Å²) in [6, 6.07) is -0.868. The van der Waals surface area contributed by atoms with Crippen LogP contribution >= 0.6 is 0 Å². The highest BCUT2D eigenvalue weighted by Gasteiger charge is 2.46. The number of halogens is 2. The van der Waals surface area contributed by atoms with Gasteiger partial charge in [-0.05, 0) is 43.4 Å². The van der Waals surface area contributed by atoms with E-state index in [9.17, 15) is 32.8 Å². The number of carbonyl (C=O) groups is 4. The molecule has 3 rings (SSSR count). The fourth-order valence-corrected chi connectivity index (χ4v) is 4.50. The number of imide groups is 3. The number of ether oxygens (including phenoxy) is 1. The lowest BCUT2D eigenvalue weighted by atomic mass is 9.96. The monoisotopic (exact) mass is 551 g/mol. The highest BCUT2D eigenvalue weighted by Crippen LogP contribution is 2.28. The van der Waals surface area contributed by atoms with Crippen LogP contribution in [0.15, 0.2) is 27.4 Å². The summed E-state index contributed by atoms with van der Waals surface area (Å²) in [5.41, 5.74) is 5.50. The Morgan fingerprint density at radius 3 is 2.38 bits per heavy atom. The maximum absolute atomic E-state index is 14.3. The number of nitrogens with two attached hydrogens (primary N) is 1. The second-order valence-electron chi connectivity index (χ2n) is 9.88. The van der Waals surface area contributed by atoms with Crippen molar-refractivity contribution in [1.29, 1.82) is 0 Å². The molecule has 1 saturated heterocycles. The average Bonchev–Trinajstić information content (AvgIpc) is 3.50. The van der Waals surface area contributed by atoms with E-state index in [1.54, 1.807) is 27.7 Å². The van der Waals surface area contributed by atoms with Gasteiger partial charge in [-0.2, -0.15) is 9.58 Å².